The number of carboxylic acids is 1. The minimum atomic E-state index is -1.18. The zero-order valence-electron chi connectivity index (χ0n) is 7.98. The SMILES string of the molecule is Nc1noc(-c2ccc(Cl)cc2)c1C(=O)O. The van der Waals surface area contributed by atoms with Crippen molar-refractivity contribution in [1.29, 1.82) is 0 Å². The molecular formula is C10H7ClN2O3. The summed E-state index contributed by atoms with van der Waals surface area (Å²) >= 11 is 5.72. The van der Waals surface area contributed by atoms with E-state index in [1.54, 1.807) is 24.3 Å². The van der Waals surface area contributed by atoms with Gasteiger partial charge in [-0.25, -0.2) is 4.79 Å². The van der Waals surface area contributed by atoms with E-state index in [1.807, 2.05) is 0 Å². The number of aromatic carboxylic acids is 1. The molecule has 0 spiro atoms. The second-order valence-electron chi connectivity index (χ2n) is 3.08. The lowest BCUT2D eigenvalue weighted by Gasteiger charge is -1.97. The van der Waals surface area contributed by atoms with Crippen LogP contribution in [0.15, 0.2) is 28.8 Å². The molecule has 0 unspecified atom stereocenters. The van der Waals surface area contributed by atoms with Gasteiger partial charge in [-0.05, 0) is 24.3 Å². The maximum atomic E-state index is 10.9. The van der Waals surface area contributed by atoms with Gasteiger partial charge in [0.05, 0.1) is 0 Å². The zero-order valence-corrected chi connectivity index (χ0v) is 8.73. The first kappa shape index (κ1) is 10.5. The van der Waals surface area contributed by atoms with Crippen LogP contribution in [-0.4, -0.2) is 16.2 Å². The van der Waals surface area contributed by atoms with Gasteiger partial charge in [-0.15, -0.1) is 0 Å². The van der Waals surface area contributed by atoms with Crippen LogP contribution in [0.5, 0.6) is 0 Å². The fourth-order valence-electron chi connectivity index (χ4n) is 1.31. The molecule has 0 aliphatic rings. The Morgan fingerprint density at radius 1 is 1.38 bits per heavy atom. The Hall–Kier alpha value is -2.01. The summed E-state index contributed by atoms with van der Waals surface area (Å²) in [5, 5.41) is 12.9. The van der Waals surface area contributed by atoms with Gasteiger partial charge < -0.3 is 15.4 Å². The van der Waals surface area contributed by atoms with E-state index in [1.165, 1.54) is 0 Å². The second-order valence-corrected chi connectivity index (χ2v) is 3.52. The number of halogens is 1. The molecule has 0 radical (unpaired) electrons. The number of carboxylic acid groups (broad SMARTS) is 1. The summed E-state index contributed by atoms with van der Waals surface area (Å²) in [5.41, 5.74) is 5.82. The van der Waals surface area contributed by atoms with Crippen molar-refractivity contribution in [3.8, 4) is 11.3 Å². The third kappa shape index (κ3) is 1.72. The van der Waals surface area contributed by atoms with Crippen molar-refractivity contribution < 1.29 is 14.4 Å². The van der Waals surface area contributed by atoms with Crippen LogP contribution in [0.3, 0.4) is 0 Å². The number of hydrogen-bond donors (Lipinski definition) is 2. The molecule has 0 fully saturated rings. The lowest BCUT2D eigenvalue weighted by atomic mass is 10.1. The van der Waals surface area contributed by atoms with E-state index in [0.717, 1.165) is 0 Å². The second kappa shape index (κ2) is 3.86. The summed E-state index contributed by atoms with van der Waals surface area (Å²) in [4.78, 5) is 10.9. The molecule has 0 aliphatic heterocycles. The van der Waals surface area contributed by atoms with E-state index in [9.17, 15) is 4.79 Å². The van der Waals surface area contributed by atoms with Crippen LogP contribution >= 0.6 is 11.6 Å². The van der Waals surface area contributed by atoms with Gasteiger partial charge in [0.1, 0.15) is 0 Å². The average molecular weight is 239 g/mol. The smallest absolute Gasteiger partial charge is 0.343 e. The van der Waals surface area contributed by atoms with Crippen molar-refractivity contribution >= 4 is 23.4 Å². The van der Waals surface area contributed by atoms with Gasteiger partial charge in [0.15, 0.2) is 17.1 Å². The largest absolute Gasteiger partial charge is 0.477 e. The number of benzene rings is 1. The Balaban J connectivity index is 2.56. The van der Waals surface area contributed by atoms with Crippen LogP contribution in [0.1, 0.15) is 10.4 Å². The minimum absolute atomic E-state index is 0.127. The van der Waals surface area contributed by atoms with E-state index in [2.05, 4.69) is 5.16 Å². The molecule has 1 heterocycles. The first-order valence-corrected chi connectivity index (χ1v) is 4.72. The van der Waals surface area contributed by atoms with Gasteiger partial charge in [0.25, 0.3) is 0 Å². The predicted molar refractivity (Wildman–Crippen MR) is 58.3 cm³/mol. The topological polar surface area (TPSA) is 89.4 Å². The van der Waals surface area contributed by atoms with Crippen LogP contribution < -0.4 is 5.73 Å². The van der Waals surface area contributed by atoms with Gasteiger partial charge in [-0.2, -0.15) is 0 Å². The van der Waals surface area contributed by atoms with Crippen molar-refractivity contribution in [2.45, 2.75) is 0 Å². The summed E-state index contributed by atoms with van der Waals surface area (Å²) in [5.74, 6) is -1.19. The predicted octanol–water partition coefficient (Wildman–Crippen LogP) is 2.28. The summed E-state index contributed by atoms with van der Waals surface area (Å²) in [6.07, 6.45) is 0. The van der Waals surface area contributed by atoms with Crippen molar-refractivity contribution in [3.63, 3.8) is 0 Å². The van der Waals surface area contributed by atoms with E-state index < -0.39 is 5.97 Å². The maximum absolute atomic E-state index is 10.9. The molecule has 2 rings (SSSR count). The molecule has 0 atom stereocenters. The molecule has 16 heavy (non-hydrogen) atoms. The normalized spacial score (nSPS) is 10.3. The Bertz CT molecular complexity index is 533. The van der Waals surface area contributed by atoms with Gasteiger partial charge in [0.2, 0.25) is 0 Å². The Morgan fingerprint density at radius 3 is 2.56 bits per heavy atom. The van der Waals surface area contributed by atoms with Crippen molar-refractivity contribution in [2.24, 2.45) is 0 Å². The number of carbonyl (C=O) groups is 1. The first-order valence-electron chi connectivity index (χ1n) is 4.34. The molecule has 2 aromatic rings. The summed E-state index contributed by atoms with van der Waals surface area (Å²) in [7, 11) is 0. The molecule has 3 N–H and O–H groups in total. The van der Waals surface area contributed by atoms with Gasteiger partial charge in [0, 0.05) is 10.6 Å². The van der Waals surface area contributed by atoms with Crippen LogP contribution in [0.25, 0.3) is 11.3 Å². The molecule has 82 valence electrons. The number of nitrogens with zero attached hydrogens (tertiary/aromatic N) is 1. The summed E-state index contributed by atoms with van der Waals surface area (Å²) in [6.45, 7) is 0. The van der Waals surface area contributed by atoms with Crippen molar-refractivity contribution in [1.82, 2.24) is 5.16 Å². The van der Waals surface area contributed by atoms with Gasteiger partial charge >= 0.3 is 5.97 Å². The molecule has 0 saturated heterocycles. The van der Waals surface area contributed by atoms with Crippen LogP contribution in [0.4, 0.5) is 5.82 Å². The van der Waals surface area contributed by atoms with E-state index in [-0.39, 0.29) is 17.1 Å². The van der Waals surface area contributed by atoms with Crippen LogP contribution in [-0.2, 0) is 0 Å². The van der Waals surface area contributed by atoms with Gasteiger partial charge in [-0.3, -0.25) is 0 Å². The number of nitrogen functional groups attached to an aromatic ring is 1. The van der Waals surface area contributed by atoms with Crippen molar-refractivity contribution in [2.75, 3.05) is 5.73 Å². The number of rotatable bonds is 2. The third-order valence-corrected chi connectivity index (χ3v) is 2.29. The fourth-order valence-corrected chi connectivity index (χ4v) is 1.43. The molecule has 6 heteroatoms. The molecule has 1 aromatic heterocycles. The number of nitrogens with two attached hydrogens (primary N) is 1. The van der Waals surface area contributed by atoms with E-state index in [4.69, 9.17) is 27.0 Å². The molecule has 0 bridgehead atoms. The van der Waals surface area contributed by atoms with Crippen molar-refractivity contribution in [3.05, 3.63) is 34.9 Å². The fraction of sp³-hybridized carbons (Fsp3) is 0. The highest BCUT2D eigenvalue weighted by molar-refractivity contribution is 6.30. The molecule has 0 amide bonds. The van der Waals surface area contributed by atoms with E-state index >= 15 is 0 Å². The molecule has 1 aromatic carbocycles. The number of aromatic nitrogens is 1. The first-order chi connectivity index (χ1) is 7.59. The van der Waals surface area contributed by atoms with E-state index in [0.29, 0.717) is 10.6 Å². The standard InChI is InChI=1S/C10H7ClN2O3/c11-6-3-1-5(2-4-6)8-7(10(14)15)9(12)13-16-8/h1-4H,(H2,12,13)(H,14,15). The van der Waals surface area contributed by atoms with Crippen LogP contribution in [0, 0.1) is 0 Å². The molecule has 0 aliphatic carbocycles. The Labute approximate surface area is 95.4 Å². The van der Waals surface area contributed by atoms with Crippen LogP contribution in [0.2, 0.25) is 5.02 Å². The average Bonchev–Trinajstić information content (AvgIpc) is 2.61. The van der Waals surface area contributed by atoms with Gasteiger partial charge in [-0.1, -0.05) is 16.8 Å². The monoisotopic (exact) mass is 238 g/mol. The lowest BCUT2D eigenvalue weighted by molar-refractivity contribution is 0.0698. The Morgan fingerprint density at radius 2 is 2.00 bits per heavy atom. The summed E-state index contributed by atoms with van der Waals surface area (Å²) < 4.78 is 4.88. The highest BCUT2D eigenvalue weighted by Gasteiger charge is 2.21. The number of hydrogen-bond acceptors (Lipinski definition) is 4. The molecular weight excluding hydrogens is 232 g/mol. The zero-order chi connectivity index (χ0) is 11.7. The highest BCUT2D eigenvalue weighted by Crippen LogP contribution is 2.28. The quantitative estimate of drug-likeness (QED) is 0.838. The maximum Gasteiger partial charge on any atom is 0.343 e. The third-order valence-electron chi connectivity index (χ3n) is 2.04. The molecule has 0 saturated carbocycles. The lowest BCUT2D eigenvalue weighted by Crippen LogP contribution is -2.01. The molecule has 5 nitrogen and oxygen atoms in total. The number of anilines is 1. The Kier molecular flexibility index (Phi) is 2.54. The minimum Gasteiger partial charge on any atom is -0.477 e. The summed E-state index contributed by atoms with van der Waals surface area (Å²) in [6, 6.07) is 6.52. The highest BCUT2D eigenvalue weighted by atomic mass is 35.5.